The van der Waals surface area contributed by atoms with Gasteiger partial charge in [-0.15, -0.1) is 0 Å². The van der Waals surface area contributed by atoms with Crippen LogP contribution in [0.25, 0.3) is 0 Å². The molecule has 0 aliphatic carbocycles. The van der Waals surface area contributed by atoms with Crippen LogP contribution in [0, 0.1) is 5.82 Å². The van der Waals surface area contributed by atoms with E-state index < -0.39 is 5.60 Å². The predicted molar refractivity (Wildman–Crippen MR) is 87.4 cm³/mol. The molecular weight excluding hydrogens is 299 g/mol. The quantitative estimate of drug-likeness (QED) is 0.890. The van der Waals surface area contributed by atoms with Crippen LogP contribution in [0.1, 0.15) is 23.6 Å². The molecule has 2 aromatic rings. The van der Waals surface area contributed by atoms with Gasteiger partial charge in [0.05, 0.1) is 11.6 Å². The minimum atomic E-state index is -0.657. The molecule has 22 heavy (non-hydrogen) atoms. The molecule has 0 spiro atoms. The summed E-state index contributed by atoms with van der Waals surface area (Å²) in [5.41, 5.74) is 1.37. The summed E-state index contributed by atoms with van der Waals surface area (Å²) in [4.78, 5) is 4.05. The monoisotopic (exact) mass is 318 g/mol. The second-order valence-electron chi connectivity index (χ2n) is 5.67. The van der Waals surface area contributed by atoms with Gasteiger partial charge in [-0.2, -0.15) is 11.8 Å². The SMILES string of the molecule is O[C@]1(CN[C@@H](c2ccncc2)c2ccc(F)cc2)CCSC1. The average Bonchev–Trinajstić information content (AvgIpc) is 2.97. The van der Waals surface area contributed by atoms with E-state index >= 15 is 0 Å². The Kier molecular flexibility index (Phi) is 4.76. The fraction of sp³-hybridized carbons (Fsp3) is 0.353. The van der Waals surface area contributed by atoms with Crippen LogP contribution in [0.5, 0.6) is 0 Å². The fourth-order valence-corrected chi connectivity index (χ4v) is 3.96. The standard InChI is InChI=1S/C17H19FN2OS/c18-15-3-1-13(2-4-15)16(14-5-8-19-9-6-14)20-11-17(21)7-10-22-12-17/h1-6,8-9,16,20-21H,7,10-12H2/t16-,17+/m1/s1. The summed E-state index contributed by atoms with van der Waals surface area (Å²) in [6.45, 7) is 0.518. The van der Waals surface area contributed by atoms with E-state index in [1.54, 1.807) is 36.3 Å². The highest BCUT2D eigenvalue weighted by Crippen LogP contribution is 2.29. The molecule has 116 valence electrons. The van der Waals surface area contributed by atoms with Crippen molar-refractivity contribution >= 4 is 11.8 Å². The van der Waals surface area contributed by atoms with Crippen molar-refractivity contribution in [2.45, 2.75) is 18.1 Å². The van der Waals surface area contributed by atoms with Crippen LogP contribution >= 0.6 is 11.8 Å². The fourth-order valence-electron chi connectivity index (χ4n) is 2.67. The number of benzene rings is 1. The Bertz CT molecular complexity index is 600. The van der Waals surface area contributed by atoms with E-state index in [-0.39, 0.29) is 11.9 Å². The van der Waals surface area contributed by atoms with E-state index in [4.69, 9.17) is 0 Å². The number of aliphatic hydroxyl groups is 1. The van der Waals surface area contributed by atoms with Crippen molar-refractivity contribution in [2.24, 2.45) is 0 Å². The predicted octanol–water partition coefficient (Wildman–Crippen LogP) is 2.77. The first kappa shape index (κ1) is 15.5. The molecule has 1 fully saturated rings. The minimum absolute atomic E-state index is 0.0850. The minimum Gasteiger partial charge on any atom is -0.388 e. The average molecular weight is 318 g/mol. The number of nitrogens with zero attached hydrogens (tertiary/aromatic N) is 1. The lowest BCUT2D eigenvalue weighted by Gasteiger charge is -2.27. The first-order valence-corrected chi connectivity index (χ1v) is 8.51. The van der Waals surface area contributed by atoms with Gasteiger partial charge < -0.3 is 10.4 Å². The second kappa shape index (κ2) is 6.77. The molecule has 1 aromatic carbocycles. The molecule has 0 saturated carbocycles. The van der Waals surface area contributed by atoms with Crippen molar-refractivity contribution in [1.29, 1.82) is 0 Å². The number of rotatable bonds is 5. The first-order valence-electron chi connectivity index (χ1n) is 7.35. The van der Waals surface area contributed by atoms with Crippen LogP contribution in [0.3, 0.4) is 0 Å². The molecule has 2 atom stereocenters. The molecule has 1 saturated heterocycles. The first-order chi connectivity index (χ1) is 10.7. The summed E-state index contributed by atoms with van der Waals surface area (Å²) < 4.78 is 13.2. The van der Waals surface area contributed by atoms with Crippen molar-refractivity contribution in [3.8, 4) is 0 Å². The molecule has 1 aliphatic rings. The van der Waals surface area contributed by atoms with Gasteiger partial charge in [-0.25, -0.2) is 4.39 Å². The van der Waals surface area contributed by atoms with Crippen LogP contribution in [-0.2, 0) is 0 Å². The summed E-state index contributed by atoms with van der Waals surface area (Å²) in [5, 5.41) is 14.0. The lowest BCUT2D eigenvalue weighted by atomic mass is 9.97. The maximum atomic E-state index is 13.2. The van der Waals surface area contributed by atoms with Gasteiger partial charge in [0.2, 0.25) is 0 Å². The summed E-state index contributed by atoms with van der Waals surface area (Å²) in [6.07, 6.45) is 4.29. The number of aromatic nitrogens is 1. The summed E-state index contributed by atoms with van der Waals surface area (Å²) in [5.74, 6) is 1.50. The van der Waals surface area contributed by atoms with Crippen LogP contribution in [0.2, 0.25) is 0 Å². The number of hydrogen-bond donors (Lipinski definition) is 2. The lowest BCUT2D eigenvalue weighted by Crippen LogP contribution is -2.42. The van der Waals surface area contributed by atoms with Gasteiger partial charge in [-0.05, 0) is 47.6 Å². The summed E-state index contributed by atoms with van der Waals surface area (Å²) in [6, 6.07) is 10.3. The van der Waals surface area contributed by atoms with Crippen LogP contribution < -0.4 is 5.32 Å². The molecule has 2 heterocycles. The van der Waals surface area contributed by atoms with Crippen LogP contribution in [0.4, 0.5) is 4.39 Å². The van der Waals surface area contributed by atoms with Crippen molar-refractivity contribution in [3.63, 3.8) is 0 Å². The summed E-state index contributed by atoms with van der Waals surface area (Å²) in [7, 11) is 0. The topological polar surface area (TPSA) is 45.1 Å². The van der Waals surface area contributed by atoms with Gasteiger partial charge >= 0.3 is 0 Å². The normalized spacial score (nSPS) is 22.6. The van der Waals surface area contributed by atoms with Gasteiger partial charge in [0.1, 0.15) is 5.82 Å². The smallest absolute Gasteiger partial charge is 0.123 e. The molecule has 0 unspecified atom stereocenters. The molecule has 0 bridgehead atoms. The highest BCUT2D eigenvalue weighted by atomic mass is 32.2. The van der Waals surface area contributed by atoms with E-state index in [0.717, 1.165) is 29.1 Å². The molecule has 3 nitrogen and oxygen atoms in total. The molecule has 1 aliphatic heterocycles. The third-order valence-corrected chi connectivity index (χ3v) is 5.19. The van der Waals surface area contributed by atoms with Crippen LogP contribution in [0.15, 0.2) is 48.8 Å². The maximum absolute atomic E-state index is 13.2. The van der Waals surface area contributed by atoms with E-state index in [1.165, 1.54) is 12.1 Å². The number of halogens is 1. The largest absolute Gasteiger partial charge is 0.388 e. The molecule has 5 heteroatoms. The van der Waals surface area contributed by atoms with Gasteiger partial charge in [-0.1, -0.05) is 12.1 Å². The van der Waals surface area contributed by atoms with Gasteiger partial charge in [-0.3, -0.25) is 4.98 Å². The second-order valence-corrected chi connectivity index (χ2v) is 6.78. The van der Waals surface area contributed by atoms with Crippen molar-refractivity contribution in [3.05, 3.63) is 65.7 Å². The molecule has 3 rings (SSSR count). The van der Waals surface area contributed by atoms with Crippen LogP contribution in [-0.4, -0.2) is 33.7 Å². The Hall–Kier alpha value is -1.43. The van der Waals surface area contributed by atoms with Gasteiger partial charge in [0.15, 0.2) is 0 Å². The van der Waals surface area contributed by atoms with E-state index in [2.05, 4.69) is 10.3 Å². The Labute approximate surface area is 134 Å². The number of nitrogens with one attached hydrogen (secondary N) is 1. The Balaban J connectivity index is 1.81. The van der Waals surface area contributed by atoms with E-state index in [1.807, 2.05) is 12.1 Å². The zero-order valence-corrected chi connectivity index (χ0v) is 13.0. The zero-order chi connectivity index (χ0) is 15.4. The zero-order valence-electron chi connectivity index (χ0n) is 12.2. The molecular formula is C17H19FN2OS. The third kappa shape index (κ3) is 3.66. The molecule has 1 aromatic heterocycles. The van der Waals surface area contributed by atoms with Gasteiger partial charge in [0, 0.05) is 24.7 Å². The molecule has 0 amide bonds. The Morgan fingerprint density at radius 1 is 1.18 bits per heavy atom. The van der Waals surface area contributed by atoms with E-state index in [9.17, 15) is 9.50 Å². The maximum Gasteiger partial charge on any atom is 0.123 e. The Morgan fingerprint density at radius 2 is 1.86 bits per heavy atom. The number of hydrogen-bond acceptors (Lipinski definition) is 4. The van der Waals surface area contributed by atoms with Crippen molar-refractivity contribution in [1.82, 2.24) is 10.3 Å². The number of thioether (sulfide) groups is 1. The Morgan fingerprint density at radius 3 is 2.50 bits per heavy atom. The van der Waals surface area contributed by atoms with Gasteiger partial charge in [0.25, 0.3) is 0 Å². The third-order valence-electron chi connectivity index (χ3n) is 3.96. The van der Waals surface area contributed by atoms with Crippen molar-refractivity contribution in [2.75, 3.05) is 18.1 Å². The molecule has 0 radical (unpaired) electrons. The molecule has 2 N–H and O–H groups in total. The highest BCUT2D eigenvalue weighted by molar-refractivity contribution is 7.99. The highest BCUT2D eigenvalue weighted by Gasteiger charge is 2.32. The van der Waals surface area contributed by atoms with E-state index in [0.29, 0.717) is 6.54 Å². The summed E-state index contributed by atoms with van der Waals surface area (Å²) >= 11 is 1.78. The van der Waals surface area contributed by atoms with Crippen molar-refractivity contribution < 1.29 is 9.50 Å². The lowest BCUT2D eigenvalue weighted by molar-refractivity contribution is 0.0658. The number of pyridine rings is 1.